The second-order valence-electron chi connectivity index (χ2n) is 8.57. The molecule has 1 heterocycles. The Bertz CT molecular complexity index is 663. The molecule has 0 unspecified atom stereocenters. The molecule has 0 N–H and O–H groups in total. The monoisotopic (exact) mass is 406 g/mol. The lowest BCUT2D eigenvalue weighted by Gasteiger charge is -2.36. The van der Waals surface area contributed by atoms with E-state index >= 15 is 0 Å². The molecule has 2 nitrogen and oxygen atoms in total. The van der Waals surface area contributed by atoms with Gasteiger partial charge in [-0.3, -0.25) is 0 Å². The lowest BCUT2D eigenvalue weighted by Crippen LogP contribution is -2.33. The van der Waals surface area contributed by atoms with E-state index in [1.54, 1.807) is 0 Å². The molecule has 0 spiro atoms. The molecule has 1 aliphatic heterocycles. The predicted octanol–water partition coefficient (Wildman–Crippen LogP) is 6.43. The van der Waals surface area contributed by atoms with E-state index in [0.29, 0.717) is 0 Å². The molecule has 1 aliphatic carbocycles. The second-order valence-corrected chi connectivity index (χ2v) is 12.2. The first-order valence-electron chi connectivity index (χ1n) is 10.8. The highest BCUT2D eigenvalue weighted by Gasteiger charge is 2.32. The summed E-state index contributed by atoms with van der Waals surface area (Å²) in [6, 6.07) is 5.66. The van der Waals surface area contributed by atoms with Gasteiger partial charge in [-0.05, 0) is 55.3 Å². The van der Waals surface area contributed by atoms with Crippen LogP contribution in [-0.4, -0.2) is 20.9 Å². The fourth-order valence-electron chi connectivity index (χ4n) is 5.02. The summed E-state index contributed by atoms with van der Waals surface area (Å²) in [5.41, 5.74) is 1.05. The quantitative estimate of drug-likeness (QED) is 0.226. The van der Waals surface area contributed by atoms with Gasteiger partial charge in [-0.25, -0.2) is 13.6 Å². The van der Waals surface area contributed by atoms with Crippen molar-refractivity contribution in [2.45, 2.75) is 81.5 Å². The van der Waals surface area contributed by atoms with Crippen molar-refractivity contribution in [3.8, 4) is 0 Å². The van der Waals surface area contributed by atoms with E-state index in [0.717, 1.165) is 42.9 Å². The van der Waals surface area contributed by atoms with Crippen LogP contribution in [0.25, 0.3) is 0 Å². The molecule has 1 aromatic rings. The molecule has 0 aromatic heterocycles. The molecule has 3 rings (SSSR count). The van der Waals surface area contributed by atoms with Gasteiger partial charge in [0.1, 0.15) is 6.10 Å². The van der Waals surface area contributed by atoms with Crippen LogP contribution in [0.4, 0.5) is 8.78 Å². The van der Waals surface area contributed by atoms with Crippen LogP contribution in [0.15, 0.2) is 30.9 Å². The minimum Gasteiger partial charge on any atom is -0.459 e. The smallest absolute Gasteiger partial charge is 0.338 e. The number of carbonyl (C=O) groups excluding carboxylic acids is 1. The zero-order valence-electron chi connectivity index (χ0n) is 16.7. The number of carbonyl (C=O) groups is 1. The zero-order chi connectivity index (χ0) is 19.9. The van der Waals surface area contributed by atoms with Crippen LogP contribution in [0.3, 0.4) is 0 Å². The summed E-state index contributed by atoms with van der Waals surface area (Å²) >= 11 is 0. The molecule has 0 radical (unpaired) electrons. The Morgan fingerprint density at radius 3 is 2.46 bits per heavy atom. The van der Waals surface area contributed by atoms with E-state index in [-0.39, 0.29) is 11.7 Å². The van der Waals surface area contributed by atoms with Crippen molar-refractivity contribution in [3.63, 3.8) is 0 Å². The summed E-state index contributed by atoms with van der Waals surface area (Å²) in [5, 5.41) is 0. The van der Waals surface area contributed by atoms with Crippen LogP contribution < -0.4 is 0 Å². The number of hydrogen-bond acceptors (Lipinski definition) is 2. The molecule has 0 atom stereocenters. The van der Waals surface area contributed by atoms with E-state index in [1.807, 2.05) is 6.08 Å². The largest absolute Gasteiger partial charge is 0.459 e. The first-order chi connectivity index (χ1) is 13.6. The van der Waals surface area contributed by atoms with Crippen LogP contribution >= 0.6 is 0 Å². The van der Waals surface area contributed by atoms with Crippen LogP contribution in [0.1, 0.15) is 68.1 Å². The van der Waals surface area contributed by atoms with E-state index in [2.05, 4.69) is 6.58 Å². The third kappa shape index (κ3) is 5.76. The molecule has 0 bridgehead atoms. The van der Waals surface area contributed by atoms with Crippen molar-refractivity contribution < 1.29 is 18.3 Å². The van der Waals surface area contributed by atoms with Gasteiger partial charge in [0, 0.05) is 8.80 Å². The summed E-state index contributed by atoms with van der Waals surface area (Å²) in [5.74, 6) is -1.58. The molecule has 154 valence electrons. The topological polar surface area (TPSA) is 26.3 Å². The highest BCUT2D eigenvalue weighted by Crippen LogP contribution is 2.41. The van der Waals surface area contributed by atoms with E-state index in [9.17, 15) is 13.6 Å². The maximum absolute atomic E-state index is 13.3. The highest BCUT2D eigenvalue weighted by atomic mass is 28.3. The van der Waals surface area contributed by atoms with Crippen molar-refractivity contribution in [1.29, 1.82) is 0 Å². The van der Waals surface area contributed by atoms with Crippen LogP contribution in [0.2, 0.25) is 17.6 Å². The van der Waals surface area contributed by atoms with Crippen molar-refractivity contribution in [1.82, 2.24) is 0 Å². The summed E-state index contributed by atoms with van der Waals surface area (Å²) in [7, 11) is -0.758. The van der Waals surface area contributed by atoms with Crippen molar-refractivity contribution in [2.24, 2.45) is 5.92 Å². The van der Waals surface area contributed by atoms with Gasteiger partial charge in [0.15, 0.2) is 11.6 Å². The van der Waals surface area contributed by atoms with Gasteiger partial charge < -0.3 is 4.74 Å². The van der Waals surface area contributed by atoms with Gasteiger partial charge in [0.05, 0.1) is 5.56 Å². The van der Waals surface area contributed by atoms with Gasteiger partial charge in [0.2, 0.25) is 0 Å². The normalized spacial score (nSPS) is 27.9. The van der Waals surface area contributed by atoms with Crippen LogP contribution in [-0.2, 0) is 4.74 Å². The number of ether oxygens (including phenoxy) is 1. The fraction of sp³-hybridized carbons (Fsp3) is 0.609. The SMILES string of the molecule is C=CCCCC1CCC([SiH]2CCC(OC(=O)c3ccc(F)c(F)c3)CC2)CC1. The third-order valence-corrected chi connectivity index (χ3v) is 10.9. The highest BCUT2D eigenvalue weighted by molar-refractivity contribution is 6.60. The summed E-state index contributed by atoms with van der Waals surface area (Å²) in [6.45, 7) is 3.81. The average Bonchev–Trinajstić information content (AvgIpc) is 2.71. The van der Waals surface area contributed by atoms with Crippen LogP contribution in [0.5, 0.6) is 0 Å². The molecule has 1 aromatic carbocycles. The van der Waals surface area contributed by atoms with Gasteiger partial charge in [-0.15, -0.1) is 6.58 Å². The first-order valence-corrected chi connectivity index (χ1v) is 13.1. The third-order valence-electron chi connectivity index (χ3n) is 6.73. The molecular formula is C23H32F2O2Si. The predicted molar refractivity (Wildman–Crippen MR) is 111 cm³/mol. The lowest BCUT2D eigenvalue weighted by molar-refractivity contribution is 0.0272. The number of benzene rings is 1. The Balaban J connectivity index is 1.39. The van der Waals surface area contributed by atoms with Gasteiger partial charge in [-0.2, -0.15) is 0 Å². The number of allylic oxidation sites excluding steroid dienone is 1. The number of halogens is 2. The Hall–Kier alpha value is -1.49. The zero-order valence-corrected chi connectivity index (χ0v) is 17.8. The van der Waals surface area contributed by atoms with E-state index in [1.165, 1.54) is 56.7 Å². The average molecular weight is 407 g/mol. The fourth-order valence-corrected chi connectivity index (χ4v) is 9.18. The summed E-state index contributed by atoms with van der Waals surface area (Å²) < 4.78 is 31.9. The molecule has 1 saturated carbocycles. The molecular weight excluding hydrogens is 374 g/mol. The minimum absolute atomic E-state index is 0.0698. The van der Waals surface area contributed by atoms with Gasteiger partial charge in [-0.1, -0.05) is 50.3 Å². The van der Waals surface area contributed by atoms with Crippen molar-refractivity contribution in [3.05, 3.63) is 48.1 Å². The number of rotatable bonds is 7. The molecule has 28 heavy (non-hydrogen) atoms. The summed E-state index contributed by atoms with van der Waals surface area (Å²) in [6.07, 6.45) is 13.2. The Labute approximate surface area is 169 Å². The van der Waals surface area contributed by atoms with Crippen LogP contribution in [0, 0.1) is 17.6 Å². The molecule has 0 amide bonds. The van der Waals surface area contributed by atoms with Crippen molar-refractivity contribution >= 4 is 14.8 Å². The summed E-state index contributed by atoms with van der Waals surface area (Å²) in [4.78, 5) is 12.2. The maximum Gasteiger partial charge on any atom is 0.338 e. The molecule has 2 fully saturated rings. The van der Waals surface area contributed by atoms with E-state index < -0.39 is 26.4 Å². The lowest BCUT2D eigenvalue weighted by atomic mass is 9.85. The molecule has 2 aliphatic rings. The second kappa shape index (κ2) is 10.3. The molecule has 5 heteroatoms. The number of unbranched alkanes of at least 4 members (excludes halogenated alkanes) is 1. The first kappa shape index (κ1) is 21.2. The Morgan fingerprint density at radius 2 is 1.82 bits per heavy atom. The standard InChI is InChI=1S/C23H32F2O2Si/c1-2-3-4-5-17-6-9-20(10-7-17)28-14-12-19(13-15-28)27-23(26)18-8-11-21(24)22(25)16-18/h2,8,11,16-17,19-20,28H,1,3-7,9-10,12-15H2. The van der Waals surface area contributed by atoms with Gasteiger partial charge in [0.25, 0.3) is 0 Å². The van der Waals surface area contributed by atoms with E-state index in [4.69, 9.17) is 4.74 Å². The van der Waals surface area contributed by atoms with Gasteiger partial charge >= 0.3 is 5.97 Å². The minimum atomic E-state index is -1.01. The van der Waals surface area contributed by atoms with Crippen molar-refractivity contribution in [2.75, 3.05) is 0 Å². The maximum atomic E-state index is 13.3. The number of hydrogen-bond donors (Lipinski definition) is 0. The number of esters is 1. The Kier molecular flexibility index (Phi) is 7.83. The Morgan fingerprint density at radius 1 is 1.11 bits per heavy atom. The molecule has 1 saturated heterocycles.